The zero-order valence-corrected chi connectivity index (χ0v) is 14.9. The van der Waals surface area contributed by atoms with Crippen molar-refractivity contribution in [1.82, 2.24) is 0 Å². The summed E-state index contributed by atoms with van der Waals surface area (Å²) in [7, 11) is 0. The zero-order chi connectivity index (χ0) is 17.1. The van der Waals surface area contributed by atoms with Crippen LogP contribution in [0, 0.1) is 20.8 Å². The molecule has 3 rings (SSSR count). The van der Waals surface area contributed by atoms with Gasteiger partial charge in [0.2, 0.25) is 0 Å². The molecule has 0 N–H and O–H groups in total. The van der Waals surface area contributed by atoms with Crippen molar-refractivity contribution < 1.29 is 19.0 Å². The predicted molar refractivity (Wildman–Crippen MR) is 94.4 cm³/mol. The van der Waals surface area contributed by atoms with Gasteiger partial charge in [-0.2, -0.15) is 0 Å². The van der Waals surface area contributed by atoms with Gasteiger partial charge in [-0.25, -0.2) is 0 Å². The monoisotopic (exact) mass is 344 g/mol. The van der Waals surface area contributed by atoms with Crippen LogP contribution in [-0.4, -0.2) is 24.9 Å². The second-order valence-electron chi connectivity index (χ2n) is 5.72. The molecule has 1 aliphatic rings. The average Bonchev–Trinajstić information content (AvgIpc) is 2.60. The third-order valence-corrected chi connectivity index (χ3v) is 4.93. The Kier molecular flexibility index (Phi) is 5.00. The largest absolute Gasteiger partial charge is 0.486 e. The highest BCUT2D eigenvalue weighted by Gasteiger charge is 2.14. The highest BCUT2D eigenvalue weighted by molar-refractivity contribution is 8.00. The van der Waals surface area contributed by atoms with Crippen LogP contribution in [0.1, 0.15) is 16.7 Å². The Balaban J connectivity index is 1.63. The Bertz CT molecular complexity index is 770. The third kappa shape index (κ3) is 3.67. The number of hydrogen-bond donors (Lipinski definition) is 0. The van der Waals surface area contributed by atoms with Gasteiger partial charge in [-0.1, -0.05) is 12.1 Å². The molecule has 0 aliphatic carbocycles. The van der Waals surface area contributed by atoms with Crippen molar-refractivity contribution in [2.45, 2.75) is 25.7 Å². The van der Waals surface area contributed by atoms with E-state index in [9.17, 15) is 4.79 Å². The van der Waals surface area contributed by atoms with E-state index in [1.54, 1.807) is 0 Å². The first-order valence-electron chi connectivity index (χ1n) is 7.84. The highest BCUT2D eigenvalue weighted by Crippen LogP contribution is 2.34. The van der Waals surface area contributed by atoms with Gasteiger partial charge < -0.3 is 14.2 Å². The molecule has 5 heteroatoms. The molecule has 0 bridgehead atoms. The Hall–Kier alpha value is -2.14. The maximum atomic E-state index is 12.2. The van der Waals surface area contributed by atoms with E-state index < -0.39 is 0 Å². The molecule has 0 amide bonds. The molecule has 1 aliphatic heterocycles. The van der Waals surface area contributed by atoms with Gasteiger partial charge in [0.15, 0.2) is 11.5 Å². The van der Waals surface area contributed by atoms with E-state index in [1.807, 2.05) is 51.1 Å². The predicted octanol–water partition coefficient (Wildman–Crippen LogP) is 4.08. The van der Waals surface area contributed by atoms with Crippen molar-refractivity contribution in [1.29, 1.82) is 0 Å². The smallest absolute Gasteiger partial charge is 0.321 e. The van der Waals surface area contributed by atoms with Crippen molar-refractivity contribution in [2.24, 2.45) is 0 Å². The summed E-state index contributed by atoms with van der Waals surface area (Å²) in [4.78, 5) is 13.1. The second-order valence-corrected chi connectivity index (χ2v) is 6.77. The normalized spacial score (nSPS) is 12.8. The summed E-state index contributed by atoms with van der Waals surface area (Å²) >= 11 is 1.43. The number of fused-ring (bicyclic) bond motifs is 1. The van der Waals surface area contributed by atoms with E-state index >= 15 is 0 Å². The fraction of sp³-hybridized carbons (Fsp3) is 0.316. The van der Waals surface area contributed by atoms with Crippen LogP contribution in [0.3, 0.4) is 0 Å². The highest BCUT2D eigenvalue weighted by atomic mass is 32.2. The number of hydrogen-bond acceptors (Lipinski definition) is 5. The van der Waals surface area contributed by atoms with Gasteiger partial charge in [0.05, 0.1) is 5.75 Å². The number of thioether (sulfide) groups is 1. The molecule has 0 saturated heterocycles. The van der Waals surface area contributed by atoms with E-state index in [0.717, 1.165) is 33.1 Å². The molecule has 1 heterocycles. The number of carbonyl (C=O) groups excluding carboxylic acids is 1. The molecule has 126 valence electrons. The van der Waals surface area contributed by atoms with Gasteiger partial charge in [0.1, 0.15) is 19.0 Å². The summed E-state index contributed by atoms with van der Waals surface area (Å²) in [5.74, 6) is 2.13. The summed E-state index contributed by atoms with van der Waals surface area (Å²) in [6.45, 7) is 7.05. The van der Waals surface area contributed by atoms with Crippen LogP contribution in [0.25, 0.3) is 0 Å². The van der Waals surface area contributed by atoms with E-state index in [1.165, 1.54) is 11.8 Å². The quantitative estimate of drug-likeness (QED) is 0.475. The van der Waals surface area contributed by atoms with Crippen LogP contribution >= 0.6 is 11.8 Å². The lowest BCUT2D eigenvalue weighted by molar-refractivity contribution is -0.131. The molecule has 0 saturated carbocycles. The minimum atomic E-state index is -0.258. The van der Waals surface area contributed by atoms with Crippen LogP contribution in [0.4, 0.5) is 0 Å². The van der Waals surface area contributed by atoms with Gasteiger partial charge >= 0.3 is 5.97 Å². The lowest BCUT2D eigenvalue weighted by Crippen LogP contribution is -2.15. The Morgan fingerprint density at radius 1 is 1.04 bits per heavy atom. The van der Waals surface area contributed by atoms with E-state index in [-0.39, 0.29) is 11.7 Å². The van der Waals surface area contributed by atoms with Crippen molar-refractivity contribution in [3.05, 3.63) is 47.0 Å². The van der Waals surface area contributed by atoms with E-state index in [4.69, 9.17) is 14.2 Å². The molecule has 24 heavy (non-hydrogen) atoms. The van der Waals surface area contributed by atoms with Crippen LogP contribution in [0.5, 0.6) is 17.2 Å². The lowest BCUT2D eigenvalue weighted by Gasteiger charge is -2.18. The van der Waals surface area contributed by atoms with Gasteiger partial charge in [-0.15, -0.1) is 11.8 Å². The Morgan fingerprint density at radius 3 is 2.54 bits per heavy atom. The van der Waals surface area contributed by atoms with Crippen molar-refractivity contribution in [3.63, 3.8) is 0 Å². The number of rotatable bonds is 4. The molecular weight excluding hydrogens is 324 g/mol. The number of aryl methyl sites for hydroxylation is 2. The molecular formula is C19H20O4S. The molecule has 0 unspecified atom stereocenters. The Morgan fingerprint density at radius 2 is 1.75 bits per heavy atom. The molecule has 0 radical (unpaired) electrons. The summed E-state index contributed by atoms with van der Waals surface area (Å²) in [6.07, 6.45) is 0. The maximum absolute atomic E-state index is 12.2. The standard InChI is InChI=1S/C19H20O4S/c1-12-4-5-13(2)19(14(12)3)23-18(20)11-24-15-6-7-16-17(10-15)22-9-8-21-16/h4-7,10H,8-9,11H2,1-3H3. The molecule has 0 fully saturated rings. The van der Waals surface area contributed by atoms with Gasteiger partial charge in [0, 0.05) is 4.90 Å². The summed E-state index contributed by atoms with van der Waals surface area (Å²) in [5, 5.41) is 0. The Labute approximate surface area is 146 Å². The molecule has 0 aromatic heterocycles. The molecule has 4 nitrogen and oxygen atoms in total. The second kappa shape index (κ2) is 7.18. The fourth-order valence-electron chi connectivity index (χ4n) is 2.48. The zero-order valence-electron chi connectivity index (χ0n) is 14.0. The van der Waals surface area contributed by atoms with Gasteiger partial charge in [-0.05, 0) is 55.7 Å². The SMILES string of the molecule is Cc1ccc(C)c(OC(=O)CSc2ccc3c(c2)OCCO3)c1C. The van der Waals surface area contributed by atoms with Crippen LogP contribution in [0.2, 0.25) is 0 Å². The third-order valence-electron chi connectivity index (χ3n) is 3.96. The molecule has 0 spiro atoms. The number of esters is 1. The topological polar surface area (TPSA) is 44.8 Å². The fourth-order valence-corrected chi connectivity index (χ4v) is 3.18. The van der Waals surface area contributed by atoms with Crippen molar-refractivity contribution in [3.8, 4) is 17.2 Å². The van der Waals surface area contributed by atoms with E-state index in [2.05, 4.69) is 0 Å². The molecule has 0 atom stereocenters. The summed E-state index contributed by atoms with van der Waals surface area (Å²) in [6, 6.07) is 9.70. The van der Waals surface area contributed by atoms with Crippen molar-refractivity contribution >= 4 is 17.7 Å². The van der Waals surface area contributed by atoms with Gasteiger partial charge in [0.25, 0.3) is 0 Å². The van der Waals surface area contributed by atoms with E-state index in [0.29, 0.717) is 19.0 Å². The summed E-state index contributed by atoms with van der Waals surface area (Å²) in [5.41, 5.74) is 3.09. The number of carbonyl (C=O) groups is 1. The van der Waals surface area contributed by atoms with Crippen molar-refractivity contribution in [2.75, 3.05) is 19.0 Å². The number of benzene rings is 2. The first-order valence-corrected chi connectivity index (χ1v) is 8.83. The molecule has 2 aromatic carbocycles. The number of ether oxygens (including phenoxy) is 3. The van der Waals surface area contributed by atoms with Crippen LogP contribution in [0.15, 0.2) is 35.2 Å². The first kappa shape index (κ1) is 16.7. The maximum Gasteiger partial charge on any atom is 0.321 e. The first-order chi connectivity index (χ1) is 11.5. The lowest BCUT2D eigenvalue weighted by atomic mass is 10.1. The van der Waals surface area contributed by atoms with Crippen LogP contribution in [-0.2, 0) is 4.79 Å². The average molecular weight is 344 g/mol. The minimum Gasteiger partial charge on any atom is -0.486 e. The molecule has 2 aromatic rings. The summed E-state index contributed by atoms with van der Waals surface area (Å²) < 4.78 is 16.6. The minimum absolute atomic E-state index is 0.243. The van der Waals surface area contributed by atoms with Crippen LogP contribution < -0.4 is 14.2 Å². The van der Waals surface area contributed by atoms with Gasteiger partial charge in [-0.3, -0.25) is 4.79 Å².